The van der Waals surface area contributed by atoms with Crippen LogP contribution in [-0.4, -0.2) is 60.4 Å². The van der Waals surface area contributed by atoms with Crippen LogP contribution in [0.5, 0.6) is 17.5 Å². The number of allylic oxidation sites excluding steroid dienone is 4. The fraction of sp³-hybridized carbons (Fsp3) is 0.452. The minimum atomic E-state index is -2.12. The molecule has 0 radical (unpaired) electrons. The van der Waals surface area contributed by atoms with Crippen LogP contribution in [0, 0.1) is 22.7 Å². The van der Waals surface area contributed by atoms with Gasteiger partial charge in [0, 0.05) is 35.1 Å². The van der Waals surface area contributed by atoms with E-state index in [1.54, 1.807) is 19.9 Å². The fourth-order valence-electron chi connectivity index (χ4n) is 8.09. The summed E-state index contributed by atoms with van der Waals surface area (Å²) in [7, 11) is 0. The number of aliphatic hydroxyl groups is 1. The summed E-state index contributed by atoms with van der Waals surface area (Å²) in [6.45, 7) is 3.36. The highest BCUT2D eigenvalue weighted by atomic mass is 19.1. The van der Waals surface area contributed by atoms with Crippen LogP contribution < -0.4 is 4.74 Å². The molecule has 4 aliphatic rings. The Kier molecular flexibility index (Phi) is 6.30. The zero-order valence-electron chi connectivity index (χ0n) is 23.1. The Hall–Kier alpha value is -4.12. The molecule has 11 heteroatoms. The van der Waals surface area contributed by atoms with Gasteiger partial charge in [0.1, 0.15) is 5.75 Å². The summed E-state index contributed by atoms with van der Waals surface area (Å²) in [6, 6.07) is 5.62. The van der Waals surface area contributed by atoms with E-state index >= 15 is 4.39 Å². The van der Waals surface area contributed by atoms with Crippen LogP contribution in [0.1, 0.15) is 56.3 Å². The van der Waals surface area contributed by atoms with E-state index in [1.165, 1.54) is 48.8 Å². The Labute approximate surface area is 240 Å². The van der Waals surface area contributed by atoms with Crippen LogP contribution in [0.2, 0.25) is 0 Å². The lowest BCUT2D eigenvalue weighted by Gasteiger charge is -2.62. The van der Waals surface area contributed by atoms with Gasteiger partial charge in [-0.25, -0.2) is 23.9 Å². The molecule has 3 fully saturated rings. The lowest BCUT2D eigenvalue weighted by atomic mass is 9.45. The quantitative estimate of drug-likeness (QED) is 0.437. The Bertz CT molecular complexity index is 1520. The predicted molar refractivity (Wildman–Crippen MR) is 144 cm³/mol. The predicted octanol–water partition coefficient (Wildman–Crippen LogP) is 4.33. The first-order valence-electron chi connectivity index (χ1n) is 13.9. The number of rotatable bonds is 5. The number of carbonyl (C=O) groups excluding carboxylic acids is 2. The number of pyridine rings is 2. The molecule has 10 nitrogen and oxygen atoms in total. The van der Waals surface area contributed by atoms with Gasteiger partial charge in [-0.3, -0.25) is 4.79 Å². The van der Waals surface area contributed by atoms with E-state index < -0.39 is 52.0 Å². The van der Waals surface area contributed by atoms with E-state index in [1.807, 2.05) is 0 Å². The number of ketones is 1. The summed E-state index contributed by atoms with van der Waals surface area (Å²) in [5.41, 5.74) is -5.97. The smallest absolute Gasteiger partial charge is 0.348 e. The summed E-state index contributed by atoms with van der Waals surface area (Å²) >= 11 is 0. The molecule has 6 rings (SSSR count). The monoisotopic (exact) mass is 578 g/mol. The summed E-state index contributed by atoms with van der Waals surface area (Å²) in [6.07, 6.45) is 6.06. The third-order valence-corrected chi connectivity index (χ3v) is 10.3. The number of aliphatic carboxylic acids is 1. The molecule has 2 aromatic heterocycles. The van der Waals surface area contributed by atoms with Gasteiger partial charge in [-0.05, 0) is 69.2 Å². The molecule has 2 aromatic rings. The average Bonchev–Trinajstić information content (AvgIpc) is 3.24. The van der Waals surface area contributed by atoms with Crippen LogP contribution in [-0.2, 0) is 14.3 Å². The first-order chi connectivity index (χ1) is 19.8. The van der Waals surface area contributed by atoms with Gasteiger partial charge in [-0.2, -0.15) is 0 Å². The van der Waals surface area contributed by atoms with Crippen LogP contribution in [0.4, 0.5) is 4.39 Å². The Morgan fingerprint density at radius 1 is 1.07 bits per heavy atom. The molecule has 0 aromatic carbocycles. The van der Waals surface area contributed by atoms with Crippen molar-refractivity contribution in [3.05, 3.63) is 66.0 Å². The maximum Gasteiger partial charge on any atom is 0.348 e. The summed E-state index contributed by atoms with van der Waals surface area (Å²) in [5.74, 6) is -3.42. The van der Waals surface area contributed by atoms with E-state index in [0.717, 1.165) is 0 Å². The third kappa shape index (κ3) is 3.82. The number of hydrogen-bond acceptors (Lipinski definition) is 9. The number of ether oxygens (including phenoxy) is 2. The molecule has 0 spiro atoms. The number of aromatic hydroxyl groups is 1. The van der Waals surface area contributed by atoms with Crippen molar-refractivity contribution in [3.63, 3.8) is 0 Å². The van der Waals surface area contributed by atoms with Crippen LogP contribution in [0.25, 0.3) is 0 Å². The van der Waals surface area contributed by atoms with Crippen LogP contribution in [0.3, 0.4) is 0 Å². The van der Waals surface area contributed by atoms with Gasteiger partial charge in [-0.1, -0.05) is 18.6 Å². The normalized spacial score (nSPS) is 36.7. The molecule has 42 heavy (non-hydrogen) atoms. The molecule has 220 valence electrons. The highest BCUT2D eigenvalue weighted by molar-refractivity contribution is 6.01. The highest BCUT2D eigenvalue weighted by Gasteiger charge is 2.76. The van der Waals surface area contributed by atoms with Gasteiger partial charge < -0.3 is 24.8 Å². The highest BCUT2D eigenvalue weighted by Crippen LogP contribution is 2.70. The van der Waals surface area contributed by atoms with Crippen molar-refractivity contribution in [2.24, 2.45) is 22.7 Å². The topological polar surface area (TPSA) is 156 Å². The first kappa shape index (κ1) is 28.0. The maximum absolute atomic E-state index is 17.3. The van der Waals surface area contributed by atoms with E-state index in [2.05, 4.69) is 9.97 Å². The average molecular weight is 579 g/mol. The second kappa shape index (κ2) is 9.45. The zero-order valence-corrected chi connectivity index (χ0v) is 23.1. The van der Waals surface area contributed by atoms with Crippen LogP contribution in [0.15, 0.2) is 60.5 Å². The summed E-state index contributed by atoms with van der Waals surface area (Å²) in [5, 5.41) is 31.3. The maximum atomic E-state index is 17.3. The number of halogens is 1. The Morgan fingerprint density at radius 3 is 2.52 bits per heavy atom. The van der Waals surface area contributed by atoms with Gasteiger partial charge in [-0.15, -0.1) is 0 Å². The SMILES string of the molecule is C[C@]12C=CC(=O)C=C1CC[C@H]1[C@@H]3CC[C@@](OC(=O)c4ccc(Oc5ccc(O)nc5)nc4)(C(=O)O)[C@@]3(C)C[C@H](O)C12F. The van der Waals surface area contributed by atoms with Gasteiger partial charge in [0.2, 0.25) is 17.4 Å². The largest absolute Gasteiger partial charge is 0.493 e. The molecule has 4 aliphatic carbocycles. The second-order valence-electron chi connectivity index (χ2n) is 12.2. The van der Waals surface area contributed by atoms with E-state index in [-0.39, 0.29) is 35.9 Å². The van der Waals surface area contributed by atoms with Crippen molar-refractivity contribution in [3.8, 4) is 17.5 Å². The van der Waals surface area contributed by atoms with Gasteiger partial charge in [0.25, 0.3) is 0 Å². The summed E-state index contributed by atoms with van der Waals surface area (Å²) in [4.78, 5) is 46.1. The molecule has 0 amide bonds. The molecule has 0 aliphatic heterocycles. The number of carbonyl (C=O) groups is 3. The minimum Gasteiger partial charge on any atom is -0.493 e. The number of carboxylic acid groups (broad SMARTS) is 1. The number of nitrogens with zero attached hydrogens (tertiary/aromatic N) is 2. The van der Waals surface area contributed by atoms with Crippen molar-refractivity contribution in [2.45, 2.75) is 63.3 Å². The molecule has 7 atom stereocenters. The minimum absolute atomic E-state index is 0.00739. The number of alkyl halides is 1. The molecule has 0 bridgehead atoms. The lowest BCUT2D eigenvalue weighted by molar-refractivity contribution is -0.222. The first-order valence-corrected chi connectivity index (χ1v) is 13.9. The Morgan fingerprint density at radius 2 is 1.86 bits per heavy atom. The molecule has 3 saturated carbocycles. The van der Waals surface area contributed by atoms with Crippen molar-refractivity contribution < 1.29 is 43.6 Å². The van der Waals surface area contributed by atoms with Gasteiger partial charge in [0.15, 0.2) is 11.5 Å². The molecule has 3 N–H and O–H groups in total. The van der Waals surface area contributed by atoms with Gasteiger partial charge in [0.05, 0.1) is 17.9 Å². The standard InChI is InChI=1S/C31H31FN2O8/c1-28-11-9-19(35)13-18(28)4-6-22-21-10-12-30(27(39)40,29(21,2)14-23(36)31(22,28)32)42-26(38)17-3-8-25(34-15-17)41-20-5-7-24(37)33-16-20/h3,5,7-9,11,13,15-16,21-23,36H,4,6,10,12,14H2,1-2H3,(H,33,37)(H,39,40)/t21-,22-,23-,28-,29-,30+,31?/m0/s1. The van der Waals surface area contributed by atoms with Crippen molar-refractivity contribution >= 4 is 17.7 Å². The van der Waals surface area contributed by atoms with Crippen molar-refractivity contribution in [2.75, 3.05) is 0 Å². The molecular formula is C31H31FN2O8. The number of aliphatic hydroxyl groups excluding tert-OH is 1. The van der Waals surface area contributed by atoms with E-state index in [4.69, 9.17) is 9.47 Å². The zero-order chi connectivity index (χ0) is 30.1. The fourth-order valence-corrected chi connectivity index (χ4v) is 8.09. The Balaban J connectivity index is 1.27. The number of hydrogen-bond donors (Lipinski definition) is 3. The number of aromatic nitrogens is 2. The lowest BCUT2D eigenvalue weighted by Crippen LogP contribution is -2.69. The van der Waals surface area contributed by atoms with Crippen molar-refractivity contribution in [1.29, 1.82) is 0 Å². The molecule has 0 saturated heterocycles. The number of carboxylic acids is 1. The van der Waals surface area contributed by atoms with E-state index in [0.29, 0.717) is 30.6 Å². The molecule has 1 unspecified atom stereocenters. The summed E-state index contributed by atoms with van der Waals surface area (Å²) < 4.78 is 28.7. The third-order valence-electron chi connectivity index (χ3n) is 10.3. The number of esters is 1. The molecular weight excluding hydrogens is 547 g/mol. The second-order valence-corrected chi connectivity index (χ2v) is 12.2. The van der Waals surface area contributed by atoms with Crippen LogP contribution >= 0.6 is 0 Å². The molecule has 2 heterocycles. The van der Waals surface area contributed by atoms with Gasteiger partial charge >= 0.3 is 11.9 Å². The van der Waals surface area contributed by atoms with E-state index in [9.17, 15) is 29.7 Å². The van der Waals surface area contributed by atoms with Crippen molar-refractivity contribution in [1.82, 2.24) is 9.97 Å². The number of fused-ring (bicyclic) bond motifs is 5.